The van der Waals surface area contributed by atoms with Crippen LogP contribution < -0.4 is 0 Å². The highest BCUT2D eigenvalue weighted by atomic mass is 31.2. The molecule has 0 bridgehead atoms. The Kier molecular flexibility index (Phi) is 6.11. The zero-order chi connectivity index (χ0) is 15.8. The van der Waals surface area contributed by atoms with Crippen molar-refractivity contribution >= 4 is 20.3 Å². The summed E-state index contributed by atoms with van der Waals surface area (Å²) >= 11 is 0. The molecule has 0 heterocycles. The van der Waals surface area contributed by atoms with Crippen molar-refractivity contribution in [1.29, 1.82) is 0 Å². The second-order valence-electron chi connectivity index (χ2n) is 4.69. The predicted molar refractivity (Wildman–Crippen MR) is 85.3 cm³/mol. The standard InChI is InChI=1S/C17H17O4P/c1-22(20-16(18)12-14-8-4-2-5-9-14)21-17(19)13-15-10-6-3-7-11-15/h2-11H,12-13H2,1H3. The highest BCUT2D eigenvalue weighted by molar-refractivity contribution is 7.47. The Balaban J connectivity index is 1.76. The number of carbonyl (C=O) groups is 2. The molecule has 0 N–H and O–H groups in total. The molecule has 0 saturated heterocycles. The zero-order valence-corrected chi connectivity index (χ0v) is 13.2. The molecule has 0 amide bonds. The van der Waals surface area contributed by atoms with Crippen molar-refractivity contribution in [2.45, 2.75) is 12.8 Å². The molecule has 0 aromatic heterocycles. The lowest BCUT2D eigenvalue weighted by atomic mass is 10.2. The molecule has 5 heteroatoms. The molecular weight excluding hydrogens is 299 g/mol. The van der Waals surface area contributed by atoms with Crippen molar-refractivity contribution in [3.63, 3.8) is 0 Å². The lowest BCUT2D eigenvalue weighted by Gasteiger charge is -2.12. The normalized spacial score (nSPS) is 10.3. The molecule has 0 spiro atoms. The molecule has 0 fully saturated rings. The van der Waals surface area contributed by atoms with Crippen molar-refractivity contribution in [3.05, 3.63) is 71.8 Å². The minimum atomic E-state index is -1.55. The smallest absolute Gasteiger partial charge is 0.315 e. The predicted octanol–water partition coefficient (Wildman–Crippen LogP) is 3.50. The maximum Gasteiger partial charge on any atom is 0.315 e. The van der Waals surface area contributed by atoms with Gasteiger partial charge in [0.1, 0.15) is 0 Å². The molecular formula is C17H17O4P. The fraction of sp³-hybridized carbons (Fsp3) is 0.176. The lowest BCUT2D eigenvalue weighted by molar-refractivity contribution is -0.136. The second kappa shape index (κ2) is 8.30. The van der Waals surface area contributed by atoms with Crippen LogP contribution in [0, 0.1) is 0 Å². The Hall–Kier alpha value is -2.19. The van der Waals surface area contributed by atoms with Gasteiger partial charge in [-0.15, -0.1) is 0 Å². The highest BCUT2D eigenvalue weighted by Gasteiger charge is 2.16. The topological polar surface area (TPSA) is 52.6 Å². The van der Waals surface area contributed by atoms with Crippen LogP contribution in [0.25, 0.3) is 0 Å². The van der Waals surface area contributed by atoms with Crippen LogP contribution in [0.5, 0.6) is 0 Å². The largest absolute Gasteiger partial charge is 0.406 e. The Morgan fingerprint density at radius 2 is 1.14 bits per heavy atom. The van der Waals surface area contributed by atoms with Gasteiger partial charge in [0.25, 0.3) is 8.38 Å². The maximum atomic E-state index is 11.8. The van der Waals surface area contributed by atoms with Gasteiger partial charge in [-0.3, -0.25) is 9.59 Å². The van der Waals surface area contributed by atoms with Gasteiger partial charge in [-0.05, 0) is 11.1 Å². The van der Waals surface area contributed by atoms with Gasteiger partial charge in [0, 0.05) is 6.66 Å². The molecule has 0 saturated carbocycles. The minimum absolute atomic E-state index is 0.170. The summed E-state index contributed by atoms with van der Waals surface area (Å²) in [6.45, 7) is 1.60. The van der Waals surface area contributed by atoms with Crippen molar-refractivity contribution in [1.82, 2.24) is 0 Å². The van der Waals surface area contributed by atoms with Crippen molar-refractivity contribution < 1.29 is 18.6 Å². The number of carbonyl (C=O) groups excluding carboxylic acids is 2. The summed E-state index contributed by atoms with van der Waals surface area (Å²) in [5.41, 5.74) is 1.73. The fourth-order valence-corrected chi connectivity index (χ4v) is 2.63. The molecule has 0 atom stereocenters. The number of hydrogen-bond acceptors (Lipinski definition) is 4. The molecule has 2 rings (SSSR count). The van der Waals surface area contributed by atoms with E-state index in [2.05, 4.69) is 0 Å². The van der Waals surface area contributed by atoms with Crippen LogP contribution in [0.3, 0.4) is 0 Å². The van der Waals surface area contributed by atoms with Crippen LogP contribution in [0.2, 0.25) is 0 Å². The van der Waals surface area contributed by atoms with Crippen LogP contribution in [-0.2, 0) is 31.5 Å². The first-order chi connectivity index (χ1) is 10.6. The van der Waals surface area contributed by atoms with E-state index in [4.69, 9.17) is 9.05 Å². The minimum Gasteiger partial charge on any atom is -0.406 e. The number of hydrogen-bond donors (Lipinski definition) is 0. The van der Waals surface area contributed by atoms with Crippen LogP contribution in [0.15, 0.2) is 60.7 Å². The van der Waals surface area contributed by atoms with E-state index >= 15 is 0 Å². The monoisotopic (exact) mass is 316 g/mol. The first-order valence-electron chi connectivity index (χ1n) is 6.86. The van der Waals surface area contributed by atoms with Gasteiger partial charge >= 0.3 is 11.9 Å². The number of rotatable bonds is 6. The third kappa shape index (κ3) is 5.66. The van der Waals surface area contributed by atoms with Gasteiger partial charge in [-0.2, -0.15) is 0 Å². The first-order valence-corrected chi connectivity index (χ1v) is 8.49. The van der Waals surface area contributed by atoms with Gasteiger partial charge in [0.2, 0.25) is 0 Å². The zero-order valence-electron chi connectivity index (χ0n) is 12.3. The summed E-state index contributed by atoms with van der Waals surface area (Å²) in [6, 6.07) is 18.6. The van der Waals surface area contributed by atoms with E-state index < -0.39 is 20.3 Å². The Labute approximate surface area is 131 Å². The quantitative estimate of drug-likeness (QED) is 0.765. The Morgan fingerprint density at radius 1 is 0.773 bits per heavy atom. The average molecular weight is 316 g/mol. The third-order valence-electron chi connectivity index (χ3n) is 2.84. The van der Waals surface area contributed by atoms with Crippen LogP contribution >= 0.6 is 8.38 Å². The highest BCUT2D eigenvalue weighted by Crippen LogP contribution is 2.34. The van der Waals surface area contributed by atoms with E-state index in [-0.39, 0.29) is 12.8 Å². The Morgan fingerprint density at radius 3 is 1.50 bits per heavy atom. The summed E-state index contributed by atoms with van der Waals surface area (Å²) in [7, 11) is -1.55. The van der Waals surface area contributed by atoms with Gasteiger partial charge in [-0.1, -0.05) is 60.7 Å². The van der Waals surface area contributed by atoms with E-state index in [1.54, 1.807) is 6.66 Å². The molecule has 0 aliphatic rings. The van der Waals surface area contributed by atoms with Gasteiger partial charge in [-0.25, -0.2) is 0 Å². The molecule has 114 valence electrons. The molecule has 2 aromatic rings. The summed E-state index contributed by atoms with van der Waals surface area (Å²) in [4.78, 5) is 23.5. The SMILES string of the molecule is CP(OC(=O)Cc1ccccc1)OC(=O)Cc1ccccc1. The number of benzene rings is 2. The summed E-state index contributed by atoms with van der Waals surface area (Å²) in [5, 5.41) is 0. The van der Waals surface area contributed by atoms with E-state index in [0.29, 0.717) is 0 Å². The molecule has 0 aliphatic heterocycles. The van der Waals surface area contributed by atoms with Crippen LogP contribution in [0.1, 0.15) is 11.1 Å². The summed E-state index contributed by atoms with van der Waals surface area (Å²) in [6.07, 6.45) is 0.341. The maximum absolute atomic E-state index is 11.8. The molecule has 0 aliphatic carbocycles. The van der Waals surface area contributed by atoms with Crippen molar-refractivity contribution in [2.24, 2.45) is 0 Å². The molecule has 2 aromatic carbocycles. The van der Waals surface area contributed by atoms with E-state index in [0.717, 1.165) is 11.1 Å². The van der Waals surface area contributed by atoms with Gasteiger partial charge < -0.3 is 9.05 Å². The van der Waals surface area contributed by atoms with Gasteiger partial charge in [0.05, 0.1) is 12.8 Å². The van der Waals surface area contributed by atoms with Gasteiger partial charge in [0.15, 0.2) is 0 Å². The molecule has 0 unspecified atom stereocenters. The van der Waals surface area contributed by atoms with Crippen molar-refractivity contribution in [2.75, 3.05) is 6.66 Å². The van der Waals surface area contributed by atoms with Crippen molar-refractivity contribution in [3.8, 4) is 0 Å². The first kappa shape index (κ1) is 16.2. The van der Waals surface area contributed by atoms with E-state index in [1.807, 2.05) is 60.7 Å². The third-order valence-corrected chi connectivity index (χ3v) is 3.76. The summed E-state index contributed by atoms with van der Waals surface area (Å²) < 4.78 is 10.3. The molecule has 0 radical (unpaired) electrons. The fourth-order valence-electron chi connectivity index (χ4n) is 1.90. The van der Waals surface area contributed by atoms with E-state index in [9.17, 15) is 9.59 Å². The molecule has 4 nitrogen and oxygen atoms in total. The second-order valence-corrected chi connectivity index (χ2v) is 5.94. The summed E-state index contributed by atoms with van der Waals surface area (Å²) in [5.74, 6) is -0.792. The van der Waals surface area contributed by atoms with E-state index in [1.165, 1.54) is 0 Å². The Bertz CT molecular complexity index is 558. The average Bonchev–Trinajstić information content (AvgIpc) is 2.48. The lowest BCUT2D eigenvalue weighted by Crippen LogP contribution is -2.09. The molecule has 22 heavy (non-hydrogen) atoms. The van der Waals surface area contributed by atoms with Crippen LogP contribution in [-0.4, -0.2) is 18.6 Å². The van der Waals surface area contributed by atoms with Crippen LogP contribution in [0.4, 0.5) is 0 Å².